The van der Waals surface area contributed by atoms with Gasteiger partial charge in [-0.25, -0.2) is 0 Å². The van der Waals surface area contributed by atoms with E-state index in [9.17, 15) is 5.11 Å². The van der Waals surface area contributed by atoms with Crippen LogP contribution in [0.4, 0.5) is 0 Å². The van der Waals surface area contributed by atoms with Crippen LogP contribution in [-0.2, 0) is 0 Å². The van der Waals surface area contributed by atoms with E-state index in [4.69, 9.17) is 0 Å². The number of aliphatic hydroxyl groups is 1. The van der Waals surface area contributed by atoms with Crippen molar-refractivity contribution >= 4 is 0 Å². The van der Waals surface area contributed by atoms with Crippen molar-refractivity contribution in [1.29, 1.82) is 0 Å². The van der Waals surface area contributed by atoms with Crippen molar-refractivity contribution < 1.29 is 5.11 Å². The Bertz CT molecular complexity index is 212. The summed E-state index contributed by atoms with van der Waals surface area (Å²) in [7, 11) is 4.18. The number of likely N-dealkylation sites (N-methyl/N-ethyl adjacent to an activating group) is 1. The van der Waals surface area contributed by atoms with E-state index in [-0.39, 0.29) is 6.10 Å². The van der Waals surface area contributed by atoms with E-state index >= 15 is 0 Å². The molecular formula is C11H21NO. The van der Waals surface area contributed by atoms with E-state index in [1.807, 2.05) is 0 Å². The van der Waals surface area contributed by atoms with Crippen molar-refractivity contribution in [3.63, 3.8) is 0 Å². The molecule has 2 bridgehead atoms. The Morgan fingerprint density at radius 3 is 2.00 bits per heavy atom. The molecule has 0 aromatic heterocycles. The molecule has 0 spiro atoms. The SMILES string of the molecule is CN(C)C1C(O)C2CCC1C2(C)C. The Balaban J connectivity index is 2.28. The summed E-state index contributed by atoms with van der Waals surface area (Å²) in [6.45, 7) is 4.64. The van der Waals surface area contributed by atoms with E-state index in [0.29, 0.717) is 23.3 Å². The van der Waals surface area contributed by atoms with Gasteiger partial charge in [-0.2, -0.15) is 0 Å². The fourth-order valence-corrected chi connectivity index (χ4v) is 3.74. The van der Waals surface area contributed by atoms with Crippen LogP contribution in [0.2, 0.25) is 0 Å². The number of hydrogen-bond acceptors (Lipinski definition) is 2. The van der Waals surface area contributed by atoms with Gasteiger partial charge in [-0.15, -0.1) is 0 Å². The van der Waals surface area contributed by atoms with Gasteiger partial charge in [0, 0.05) is 6.04 Å². The maximum Gasteiger partial charge on any atom is 0.0731 e. The van der Waals surface area contributed by atoms with Crippen LogP contribution in [0.3, 0.4) is 0 Å². The van der Waals surface area contributed by atoms with Gasteiger partial charge in [0.25, 0.3) is 0 Å². The minimum atomic E-state index is -0.0938. The minimum Gasteiger partial charge on any atom is -0.391 e. The van der Waals surface area contributed by atoms with Gasteiger partial charge >= 0.3 is 0 Å². The molecule has 2 rings (SSSR count). The Hall–Kier alpha value is -0.0800. The van der Waals surface area contributed by atoms with Crippen LogP contribution in [0.1, 0.15) is 26.7 Å². The first-order valence-electron chi connectivity index (χ1n) is 5.30. The van der Waals surface area contributed by atoms with Crippen LogP contribution < -0.4 is 0 Å². The monoisotopic (exact) mass is 183 g/mol. The number of rotatable bonds is 1. The molecule has 4 atom stereocenters. The smallest absolute Gasteiger partial charge is 0.0731 e. The van der Waals surface area contributed by atoms with Gasteiger partial charge in [0.05, 0.1) is 6.10 Å². The molecule has 0 radical (unpaired) electrons. The normalized spacial score (nSPS) is 47.5. The average Bonchev–Trinajstić information content (AvgIpc) is 2.37. The lowest BCUT2D eigenvalue weighted by atomic mass is 9.81. The number of fused-ring (bicyclic) bond motifs is 2. The van der Waals surface area contributed by atoms with E-state index in [1.165, 1.54) is 12.8 Å². The van der Waals surface area contributed by atoms with Gasteiger partial charge in [0.1, 0.15) is 0 Å². The molecule has 2 nitrogen and oxygen atoms in total. The Morgan fingerprint density at radius 1 is 1.15 bits per heavy atom. The summed E-state index contributed by atoms with van der Waals surface area (Å²) in [5.74, 6) is 1.23. The molecule has 0 aliphatic heterocycles. The maximum atomic E-state index is 10.1. The Labute approximate surface area is 80.9 Å². The van der Waals surface area contributed by atoms with Crippen molar-refractivity contribution in [3.05, 3.63) is 0 Å². The third kappa shape index (κ3) is 1.08. The van der Waals surface area contributed by atoms with Crippen LogP contribution in [-0.4, -0.2) is 36.2 Å². The summed E-state index contributed by atoms with van der Waals surface area (Å²) in [4.78, 5) is 2.20. The molecule has 2 aliphatic carbocycles. The first kappa shape index (κ1) is 9.47. The quantitative estimate of drug-likeness (QED) is 0.663. The lowest BCUT2D eigenvalue weighted by molar-refractivity contribution is 0.0335. The molecule has 2 saturated carbocycles. The maximum absolute atomic E-state index is 10.1. The molecule has 1 N–H and O–H groups in total. The molecule has 76 valence electrons. The molecule has 2 fully saturated rings. The zero-order valence-electron chi connectivity index (χ0n) is 9.12. The number of hydrogen-bond donors (Lipinski definition) is 1. The second kappa shape index (κ2) is 2.71. The summed E-state index contributed by atoms with van der Waals surface area (Å²) < 4.78 is 0. The number of nitrogens with zero attached hydrogens (tertiary/aromatic N) is 1. The molecule has 4 unspecified atom stereocenters. The Morgan fingerprint density at radius 2 is 1.69 bits per heavy atom. The molecule has 0 aromatic rings. The third-order valence-electron chi connectivity index (χ3n) is 4.47. The van der Waals surface area contributed by atoms with Crippen molar-refractivity contribution in [3.8, 4) is 0 Å². The van der Waals surface area contributed by atoms with Crippen LogP contribution in [0.5, 0.6) is 0 Å². The van der Waals surface area contributed by atoms with Gasteiger partial charge in [-0.05, 0) is 44.2 Å². The highest BCUT2D eigenvalue weighted by molar-refractivity contribution is 5.10. The van der Waals surface area contributed by atoms with E-state index in [2.05, 4.69) is 32.8 Å². The fourth-order valence-electron chi connectivity index (χ4n) is 3.74. The molecule has 2 heteroatoms. The zero-order valence-corrected chi connectivity index (χ0v) is 9.12. The highest BCUT2D eigenvalue weighted by Crippen LogP contribution is 2.58. The topological polar surface area (TPSA) is 23.5 Å². The predicted octanol–water partition coefficient (Wildman–Crippen LogP) is 1.34. The largest absolute Gasteiger partial charge is 0.391 e. The summed E-state index contributed by atoms with van der Waals surface area (Å²) in [5.41, 5.74) is 0.356. The molecule has 2 aliphatic rings. The lowest BCUT2D eigenvalue weighted by Gasteiger charge is -2.32. The van der Waals surface area contributed by atoms with Gasteiger partial charge in [-0.1, -0.05) is 13.8 Å². The molecule has 13 heavy (non-hydrogen) atoms. The standard InChI is InChI=1S/C11H21NO/c1-11(2)7-5-6-8(11)10(13)9(7)12(3)4/h7-10,13H,5-6H2,1-4H3. The molecule has 0 saturated heterocycles. The van der Waals surface area contributed by atoms with Crippen molar-refractivity contribution in [2.24, 2.45) is 17.3 Å². The number of aliphatic hydroxyl groups excluding tert-OH is 1. The molecular weight excluding hydrogens is 162 g/mol. The highest BCUT2D eigenvalue weighted by Gasteiger charge is 2.59. The molecule has 0 aromatic carbocycles. The van der Waals surface area contributed by atoms with E-state index in [0.717, 1.165) is 0 Å². The second-order valence-corrected chi connectivity index (χ2v) is 5.56. The summed E-state index contributed by atoms with van der Waals surface area (Å²) in [6, 6.07) is 0.397. The van der Waals surface area contributed by atoms with Crippen LogP contribution >= 0.6 is 0 Å². The van der Waals surface area contributed by atoms with Crippen molar-refractivity contribution in [2.75, 3.05) is 14.1 Å². The first-order chi connectivity index (χ1) is 5.96. The second-order valence-electron chi connectivity index (χ2n) is 5.56. The predicted molar refractivity (Wildman–Crippen MR) is 53.5 cm³/mol. The third-order valence-corrected chi connectivity index (χ3v) is 4.47. The summed E-state index contributed by atoms with van der Waals surface area (Å²) >= 11 is 0. The zero-order chi connectivity index (χ0) is 9.80. The average molecular weight is 183 g/mol. The summed E-state index contributed by atoms with van der Waals surface area (Å²) in [6.07, 6.45) is 2.43. The van der Waals surface area contributed by atoms with Crippen LogP contribution in [0.15, 0.2) is 0 Å². The Kier molecular flexibility index (Phi) is 1.97. The fraction of sp³-hybridized carbons (Fsp3) is 1.00. The van der Waals surface area contributed by atoms with E-state index in [1.54, 1.807) is 0 Å². The summed E-state index contributed by atoms with van der Waals surface area (Å²) in [5, 5.41) is 10.1. The van der Waals surface area contributed by atoms with Crippen LogP contribution in [0, 0.1) is 17.3 Å². The van der Waals surface area contributed by atoms with Gasteiger partial charge in [0.15, 0.2) is 0 Å². The van der Waals surface area contributed by atoms with Gasteiger partial charge < -0.3 is 10.0 Å². The van der Waals surface area contributed by atoms with Gasteiger partial charge in [-0.3, -0.25) is 0 Å². The van der Waals surface area contributed by atoms with E-state index < -0.39 is 0 Å². The minimum absolute atomic E-state index is 0.0938. The highest BCUT2D eigenvalue weighted by atomic mass is 16.3. The lowest BCUT2D eigenvalue weighted by Crippen LogP contribution is -2.43. The van der Waals surface area contributed by atoms with Gasteiger partial charge in [0.2, 0.25) is 0 Å². The molecule has 0 amide bonds. The van der Waals surface area contributed by atoms with Crippen molar-refractivity contribution in [1.82, 2.24) is 4.90 Å². The van der Waals surface area contributed by atoms with Crippen molar-refractivity contribution in [2.45, 2.75) is 38.8 Å². The molecule has 0 heterocycles. The van der Waals surface area contributed by atoms with Crippen LogP contribution in [0.25, 0.3) is 0 Å². The first-order valence-corrected chi connectivity index (χ1v) is 5.30.